The summed E-state index contributed by atoms with van der Waals surface area (Å²) < 4.78 is 33.6. The monoisotopic (exact) mass is 281 g/mol. The molecule has 1 aliphatic carbocycles. The molecule has 0 spiro atoms. The van der Waals surface area contributed by atoms with Gasteiger partial charge in [0.25, 0.3) is 0 Å². The van der Waals surface area contributed by atoms with Gasteiger partial charge in [0.2, 0.25) is 0 Å². The number of hydrogen-bond donors (Lipinski definition) is 1. The van der Waals surface area contributed by atoms with Crippen LogP contribution in [0.1, 0.15) is 42.9 Å². The van der Waals surface area contributed by atoms with Crippen molar-refractivity contribution < 1.29 is 13.5 Å². The standard InChI is InChI=1S/C16H21F2NO/c1-10-6-14(18)12(7-13(10)17)16-8-19-15-5-3-2-4-11(15)9-20-16/h6-7,11,15-16,19H,2-5,8-9H2,1H3. The third-order valence-corrected chi connectivity index (χ3v) is 4.61. The molecule has 0 radical (unpaired) electrons. The van der Waals surface area contributed by atoms with Crippen molar-refractivity contribution in [2.75, 3.05) is 13.2 Å². The fourth-order valence-corrected chi connectivity index (χ4v) is 3.34. The van der Waals surface area contributed by atoms with Gasteiger partial charge in [0, 0.05) is 18.2 Å². The van der Waals surface area contributed by atoms with Crippen LogP contribution in [0.4, 0.5) is 8.78 Å². The molecule has 1 N–H and O–H groups in total. The first-order valence-electron chi connectivity index (χ1n) is 7.45. The second-order valence-electron chi connectivity index (χ2n) is 6.00. The van der Waals surface area contributed by atoms with Gasteiger partial charge in [-0.05, 0) is 43.4 Å². The van der Waals surface area contributed by atoms with Crippen LogP contribution in [-0.2, 0) is 4.74 Å². The number of fused-ring (bicyclic) bond motifs is 1. The highest BCUT2D eigenvalue weighted by molar-refractivity contribution is 5.27. The molecule has 2 aliphatic rings. The molecule has 0 amide bonds. The van der Waals surface area contributed by atoms with E-state index in [1.807, 2.05) is 0 Å². The van der Waals surface area contributed by atoms with Gasteiger partial charge in [0.05, 0.1) is 12.7 Å². The van der Waals surface area contributed by atoms with E-state index in [9.17, 15) is 8.78 Å². The number of rotatable bonds is 1. The summed E-state index contributed by atoms with van der Waals surface area (Å²) in [6.45, 7) is 2.76. The van der Waals surface area contributed by atoms with Gasteiger partial charge in [-0.15, -0.1) is 0 Å². The Kier molecular flexibility index (Phi) is 4.03. The molecule has 2 fully saturated rings. The van der Waals surface area contributed by atoms with E-state index in [-0.39, 0.29) is 11.6 Å². The van der Waals surface area contributed by atoms with E-state index >= 15 is 0 Å². The number of ether oxygens (including phenoxy) is 1. The summed E-state index contributed by atoms with van der Waals surface area (Å²) in [7, 11) is 0. The summed E-state index contributed by atoms with van der Waals surface area (Å²) in [5.41, 5.74) is 0.667. The molecule has 4 heteroatoms. The van der Waals surface area contributed by atoms with Crippen LogP contribution in [0.2, 0.25) is 0 Å². The highest BCUT2D eigenvalue weighted by Gasteiger charge is 2.31. The molecule has 1 saturated carbocycles. The van der Waals surface area contributed by atoms with Gasteiger partial charge in [-0.1, -0.05) is 12.8 Å². The van der Waals surface area contributed by atoms with E-state index in [1.165, 1.54) is 25.0 Å². The molecule has 1 aromatic carbocycles. The highest BCUT2D eigenvalue weighted by Crippen LogP contribution is 2.31. The number of aryl methyl sites for hydroxylation is 1. The second-order valence-corrected chi connectivity index (χ2v) is 6.00. The average Bonchev–Trinajstić information content (AvgIpc) is 2.65. The molecular weight excluding hydrogens is 260 g/mol. The predicted octanol–water partition coefficient (Wildman–Crippen LogP) is 3.49. The van der Waals surface area contributed by atoms with Crippen molar-refractivity contribution in [3.05, 3.63) is 34.9 Å². The maximum atomic E-state index is 14.0. The minimum absolute atomic E-state index is 0.333. The Balaban J connectivity index is 1.79. The van der Waals surface area contributed by atoms with Crippen LogP contribution in [0.3, 0.4) is 0 Å². The van der Waals surface area contributed by atoms with Crippen molar-refractivity contribution in [1.82, 2.24) is 5.32 Å². The van der Waals surface area contributed by atoms with Crippen molar-refractivity contribution in [2.24, 2.45) is 5.92 Å². The van der Waals surface area contributed by atoms with Crippen molar-refractivity contribution >= 4 is 0 Å². The largest absolute Gasteiger partial charge is 0.372 e. The minimum Gasteiger partial charge on any atom is -0.372 e. The lowest BCUT2D eigenvalue weighted by Gasteiger charge is -2.29. The van der Waals surface area contributed by atoms with Crippen molar-refractivity contribution in [2.45, 2.75) is 44.8 Å². The Labute approximate surface area is 118 Å². The molecule has 0 bridgehead atoms. The summed E-state index contributed by atoms with van der Waals surface area (Å²) in [6.07, 6.45) is 4.41. The maximum absolute atomic E-state index is 14.0. The maximum Gasteiger partial charge on any atom is 0.129 e. The molecule has 1 heterocycles. The molecule has 1 aromatic rings. The molecule has 0 aromatic heterocycles. The number of benzene rings is 1. The minimum atomic E-state index is -0.393. The van der Waals surface area contributed by atoms with Gasteiger partial charge < -0.3 is 10.1 Å². The highest BCUT2D eigenvalue weighted by atomic mass is 19.1. The Morgan fingerprint density at radius 2 is 1.95 bits per heavy atom. The summed E-state index contributed by atoms with van der Waals surface area (Å²) in [5, 5.41) is 3.48. The average molecular weight is 281 g/mol. The van der Waals surface area contributed by atoms with Gasteiger partial charge in [-0.2, -0.15) is 0 Å². The van der Waals surface area contributed by atoms with Gasteiger partial charge in [-0.3, -0.25) is 0 Å². The van der Waals surface area contributed by atoms with Crippen LogP contribution < -0.4 is 5.32 Å². The molecular formula is C16H21F2NO. The van der Waals surface area contributed by atoms with Crippen LogP contribution in [0.5, 0.6) is 0 Å². The van der Waals surface area contributed by atoms with E-state index in [0.29, 0.717) is 36.2 Å². The predicted molar refractivity (Wildman–Crippen MR) is 73.5 cm³/mol. The Hall–Kier alpha value is -1.00. The van der Waals surface area contributed by atoms with Crippen LogP contribution in [0.25, 0.3) is 0 Å². The Morgan fingerprint density at radius 3 is 2.80 bits per heavy atom. The molecule has 20 heavy (non-hydrogen) atoms. The lowest BCUT2D eigenvalue weighted by atomic mass is 9.85. The molecule has 3 unspecified atom stereocenters. The van der Waals surface area contributed by atoms with Crippen molar-refractivity contribution in [3.8, 4) is 0 Å². The SMILES string of the molecule is Cc1cc(F)c(C2CNC3CCCCC3CO2)cc1F. The fourth-order valence-electron chi connectivity index (χ4n) is 3.34. The van der Waals surface area contributed by atoms with E-state index in [1.54, 1.807) is 6.92 Å². The first kappa shape index (κ1) is 14.0. The third-order valence-electron chi connectivity index (χ3n) is 4.61. The quantitative estimate of drug-likeness (QED) is 0.850. The number of nitrogens with one attached hydrogen (secondary N) is 1. The topological polar surface area (TPSA) is 21.3 Å². The van der Waals surface area contributed by atoms with E-state index in [0.717, 1.165) is 12.8 Å². The zero-order chi connectivity index (χ0) is 14.1. The number of hydrogen-bond acceptors (Lipinski definition) is 2. The van der Waals surface area contributed by atoms with E-state index in [2.05, 4.69) is 5.32 Å². The fraction of sp³-hybridized carbons (Fsp3) is 0.625. The van der Waals surface area contributed by atoms with Crippen molar-refractivity contribution in [3.63, 3.8) is 0 Å². The number of halogens is 2. The Bertz CT molecular complexity index is 476. The van der Waals surface area contributed by atoms with Crippen LogP contribution in [0, 0.1) is 24.5 Å². The van der Waals surface area contributed by atoms with E-state index < -0.39 is 6.10 Å². The lowest BCUT2D eigenvalue weighted by Crippen LogP contribution is -2.38. The van der Waals surface area contributed by atoms with Crippen molar-refractivity contribution in [1.29, 1.82) is 0 Å². The second kappa shape index (κ2) is 5.78. The molecule has 3 rings (SSSR count). The molecule has 2 nitrogen and oxygen atoms in total. The van der Waals surface area contributed by atoms with Gasteiger partial charge in [-0.25, -0.2) is 8.78 Å². The van der Waals surface area contributed by atoms with Gasteiger partial charge in [0.15, 0.2) is 0 Å². The summed E-state index contributed by atoms with van der Waals surface area (Å²) in [4.78, 5) is 0. The summed E-state index contributed by atoms with van der Waals surface area (Å²) >= 11 is 0. The van der Waals surface area contributed by atoms with Crippen LogP contribution >= 0.6 is 0 Å². The normalized spacial score (nSPS) is 30.6. The van der Waals surface area contributed by atoms with E-state index in [4.69, 9.17) is 4.74 Å². The third kappa shape index (κ3) is 2.72. The first-order valence-corrected chi connectivity index (χ1v) is 7.45. The zero-order valence-corrected chi connectivity index (χ0v) is 11.8. The molecule has 1 aliphatic heterocycles. The van der Waals surface area contributed by atoms with Gasteiger partial charge >= 0.3 is 0 Å². The molecule has 110 valence electrons. The smallest absolute Gasteiger partial charge is 0.129 e. The Morgan fingerprint density at radius 1 is 1.15 bits per heavy atom. The summed E-state index contributed by atoms with van der Waals surface area (Å²) in [6, 6.07) is 3.00. The van der Waals surface area contributed by atoms with Crippen LogP contribution in [-0.4, -0.2) is 19.2 Å². The molecule has 1 saturated heterocycles. The van der Waals surface area contributed by atoms with Gasteiger partial charge in [0.1, 0.15) is 11.6 Å². The molecule has 3 atom stereocenters. The first-order chi connectivity index (χ1) is 9.65. The zero-order valence-electron chi connectivity index (χ0n) is 11.8. The van der Waals surface area contributed by atoms with Crippen LogP contribution in [0.15, 0.2) is 12.1 Å². The summed E-state index contributed by atoms with van der Waals surface area (Å²) in [5.74, 6) is -0.237. The lowest BCUT2D eigenvalue weighted by molar-refractivity contribution is 0.0380.